The smallest absolute Gasteiger partial charge is 0.255 e. The van der Waals surface area contributed by atoms with Crippen LogP contribution >= 0.6 is 0 Å². The lowest BCUT2D eigenvalue weighted by atomic mass is 9.90. The predicted molar refractivity (Wildman–Crippen MR) is 169 cm³/mol. The van der Waals surface area contributed by atoms with Crippen LogP contribution in [0.25, 0.3) is 5.65 Å². The number of aryl methyl sites for hydroxylation is 1. The monoisotopic (exact) mass is 566 g/mol. The second-order valence-corrected chi connectivity index (χ2v) is 10.8. The van der Waals surface area contributed by atoms with E-state index in [0.29, 0.717) is 29.0 Å². The molecule has 218 valence electrons. The normalized spacial score (nSPS) is 16.7. The van der Waals surface area contributed by atoms with Crippen LogP contribution in [0.5, 0.6) is 0 Å². The van der Waals surface area contributed by atoms with E-state index in [9.17, 15) is 9.59 Å². The van der Waals surface area contributed by atoms with Gasteiger partial charge in [-0.05, 0) is 94.7 Å². The maximum Gasteiger partial charge on any atom is 0.255 e. The lowest BCUT2D eigenvalue weighted by Crippen LogP contribution is -2.36. The van der Waals surface area contributed by atoms with Crippen molar-refractivity contribution in [3.63, 3.8) is 0 Å². The van der Waals surface area contributed by atoms with Gasteiger partial charge in [-0.2, -0.15) is 9.61 Å². The van der Waals surface area contributed by atoms with Crippen molar-refractivity contribution < 1.29 is 9.59 Å². The topological polar surface area (TPSA) is 116 Å². The van der Waals surface area contributed by atoms with E-state index in [1.165, 1.54) is 18.9 Å². The second-order valence-electron chi connectivity index (χ2n) is 10.8. The minimum atomic E-state index is -0.306. The standard InChI is InChI=1S/C32H38N8O2/c1-5-21-20-33-40-29(19-28(38-31(21)40)34-23-14-16-27(17-15-23)39(3)4)35-25-8-7-9-26(18-25)37-32(42)22-10-12-24(13-11-22)36-30(41)6-2/h6-13,18-20,23,27,35H,2,5,14-17H2,1,3-4H3,(H,34,38)(H,36,41)(H,37,42). The van der Waals surface area contributed by atoms with Crippen molar-refractivity contribution in [1.29, 1.82) is 0 Å². The highest BCUT2D eigenvalue weighted by Crippen LogP contribution is 2.28. The van der Waals surface area contributed by atoms with Gasteiger partial charge in [-0.25, -0.2) is 4.98 Å². The van der Waals surface area contributed by atoms with E-state index in [1.807, 2.05) is 41.0 Å². The van der Waals surface area contributed by atoms with Crippen molar-refractivity contribution >= 4 is 46.2 Å². The first-order valence-electron chi connectivity index (χ1n) is 14.4. The van der Waals surface area contributed by atoms with E-state index in [2.05, 4.69) is 58.9 Å². The largest absolute Gasteiger partial charge is 0.367 e. The van der Waals surface area contributed by atoms with Gasteiger partial charge in [-0.1, -0.05) is 19.6 Å². The number of rotatable bonds is 10. The minimum Gasteiger partial charge on any atom is -0.367 e. The van der Waals surface area contributed by atoms with Crippen LogP contribution in [0.1, 0.15) is 48.5 Å². The third kappa shape index (κ3) is 6.77. The van der Waals surface area contributed by atoms with Crippen LogP contribution in [0.4, 0.5) is 28.7 Å². The van der Waals surface area contributed by atoms with Crippen LogP contribution in [0, 0.1) is 0 Å². The molecule has 10 nitrogen and oxygen atoms in total. The molecule has 5 rings (SSSR count). The average Bonchev–Trinajstić information content (AvgIpc) is 3.41. The van der Waals surface area contributed by atoms with Gasteiger partial charge in [0.2, 0.25) is 5.91 Å². The second kappa shape index (κ2) is 12.9. The molecule has 2 aromatic carbocycles. The summed E-state index contributed by atoms with van der Waals surface area (Å²) < 4.78 is 1.82. The van der Waals surface area contributed by atoms with Crippen molar-refractivity contribution in [1.82, 2.24) is 19.5 Å². The number of amides is 2. The highest BCUT2D eigenvalue weighted by Gasteiger charge is 2.23. The van der Waals surface area contributed by atoms with Gasteiger partial charge in [0, 0.05) is 46.3 Å². The molecule has 1 fully saturated rings. The van der Waals surface area contributed by atoms with Crippen LogP contribution in [0.3, 0.4) is 0 Å². The molecule has 0 radical (unpaired) electrons. The number of carbonyl (C=O) groups excluding carboxylic acids is 2. The number of nitrogens with one attached hydrogen (secondary N) is 4. The van der Waals surface area contributed by atoms with E-state index in [0.717, 1.165) is 47.8 Å². The first-order chi connectivity index (χ1) is 20.3. The maximum atomic E-state index is 12.9. The Kier molecular flexibility index (Phi) is 8.83. The lowest BCUT2D eigenvalue weighted by Gasteiger charge is -2.33. The highest BCUT2D eigenvalue weighted by atomic mass is 16.2. The van der Waals surface area contributed by atoms with E-state index in [-0.39, 0.29) is 11.8 Å². The third-order valence-corrected chi connectivity index (χ3v) is 7.70. The van der Waals surface area contributed by atoms with E-state index in [4.69, 9.17) is 4.98 Å². The average molecular weight is 567 g/mol. The Morgan fingerprint density at radius 1 is 1.00 bits per heavy atom. The summed E-state index contributed by atoms with van der Waals surface area (Å²) in [7, 11) is 4.31. The maximum absolute atomic E-state index is 12.9. The molecule has 0 aliphatic heterocycles. The molecule has 1 aliphatic carbocycles. The van der Waals surface area contributed by atoms with Crippen LogP contribution < -0.4 is 21.3 Å². The summed E-state index contributed by atoms with van der Waals surface area (Å²) in [5.74, 6) is 1.05. The number of hydrogen-bond acceptors (Lipinski definition) is 7. The molecule has 4 aromatic rings. The Morgan fingerprint density at radius 3 is 2.43 bits per heavy atom. The summed E-state index contributed by atoms with van der Waals surface area (Å²) in [6.07, 6.45) is 8.43. The number of aromatic nitrogens is 3. The van der Waals surface area contributed by atoms with Crippen molar-refractivity contribution in [2.45, 2.75) is 51.1 Å². The molecule has 1 saturated carbocycles. The third-order valence-electron chi connectivity index (χ3n) is 7.70. The molecular formula is C32H38N8O2. The molecule has 2 aromatic heterocycles. The van der Waals surface area contributed by atoms with Crippen molar-refractivity contribution in [2.24, 2.45) is 0 Å². The Balaban J connectivity index is 1.31. The zero-order valence-corrected chi connectivity index (χ0v) is 24.4. The molecular weight excluding hydrogens is 528 g/mol. The molecule has 2 amide bonds. The van der Waals surface area contributed by atoms with E-state index < -0.39 is 0 Å². The summed E-state index contributed by atoms with van der Waals surface area (Å²) in [5, 5.41) is 17.4. The summed E-state index contributed by atoms with van der Waals surface area (Å²) in [4.78, 5) is 31.7. The molecule has 4 N–H and O–H groups in total. The van der Waals surface area contributed by atoms with Gasteiger partial charge in [0.25, 0.3) is 5.91 Å². The predicted octanol–water partition coefficient (Wildman–Crippen LogP) is 5.70. The minimum absolute atomic E-state index is 0.254. The van der Waals surface area contributed by atoms with Gasteiger partial charge in [-0.3, -0.25) is 9.59 Å². The van der Waals surface area contributed by atoms with E-state index in [1.54, 1.807) is 24.3 Å². The summed E-state index contributed by atoms with van der Waals surface area (Å²) >= 11 is 0. The van der Waals surface area contributed by atoms with E-state index >= 15 is 0 Å². The number of nitrogens with zero attached hydrogens (tertiary/aromatic N) is 4. The molecule has 42 heavy (non-hydrogen) atoms. The summed E-state index contributed by atoms with van der Waals surface area (Å²) in [6.45, 7) is 5.55. The number of anilines is 5. The van der Waals surface area contributed by atoms with Crippen LogP contribution in [-0.4, -0.2) is 57.5 Å². The fourth-order valence-electron chi connectivity index (χ4n) is 5.29. The molecule has 1 aliphatic rings. The van der Waals surface area contributed by atoms with Crippen LogP contribution in [0.15, 0.2) is 73.4 Å². The zero-order chi connectivity index (χ0) is 29.6. The highest BCUT2D eigenvalue weighted by molar-refractivity contribution is 6.05. The van der Waals surface area contributed by atoms with Gasteiger partial charge < -0.3 is 26.2 Å². The number of hydrogen-bond donors (Lipinski definition) is 4. The van der Waals surface area contributed by atoms with Crippen LogP contribution in [0.2, 0.25) is 0 Å². The van der Waals surface area contributed by atoms with Gasteiger partial charge in [0.1, 0.15) is 11.6 Å². The van der Waals surface area contributed by atoms with Crippen molar-refractivity contribution in [2.75, 3.05) is 35.4 Å². The first kappa shape index (κ1) is 28.8. The van der Waals surface area contributed by atoms with Gasteiger partial charge in [-0.15, -0.1) is 0 Å². The molecule has 0 unspecified atom stereocenters. The Bertz CT molecular complexity index is 1570. The fraction of sp³-hybridized carbons (Fsp3) is 0.312. The first-order valence-corrected chi connectivity index (χ1v) is 14.4. The fourth-order valence-corrected chi connectivity index (χ4v) is 5.29. The summed E-state index contributed by atoms with van der Waals surface area (Å²) in [6, 6.07) is 17.2. The Labute approximate surface area is 246 Å². The Hall–Kier alpha value is -4.70. The van der Waals surface area contributed by atoms with Crippen molar-refractivity contribution in [3.05, 3.63) is 84.6 Å². The Morgan fingerprint density at radius 2 is 1.74 bits per heavy atom. The number of benzene rings is 2. The molecule has 10 heteroatoms. The number of fused-ring (bicyclic) bond motifs is 1. The lowest BCUT2D eigenvalue weighted by molar-refractivity contribution is -0.111. The van der Waals surface area contributed by atoms with Crippen molar-refractivity contribution in [3.8, 4) is 0 Å². The molecule has 2 heterocycles. The number of carbonyl (C=O) groups is 2. The van der Waals surface area contributed by atoms with Gasteiger partial charge in [0.05, 0.1) is 6.20 Å². The molecule has 0 bridgehead atoms. The SMILES string of the molecule is C=CC(=O)Nc1ccc(C(=O)Nc2cccc(Nc3cc(NC4CCC(N(C)C)CC4)nc4c(CC)cnn34)c2)cc1. The summed E-state index contributed by atoms with van der Waals surface area (Å²) in [5.41, 5.74) is 4.41. The zero-order valence-electron chi connectivity index (χ0n) is 24.4. The van der Waals surface area contributed by atoms with Gasteiger partial charge in [0.15, 0.2) is 5.65 Å². The quantitative estimate of drug-likeness (QED) is 0.182. The molecule has 0 spiro atoms. The van der Waals surface area contributed by atoms with Crippen LogP contribution in [-0.2, 0) is 11.2 Å². The molecule has 0 atom stereocenters. The molecule has 0 saturated heterocycles. The van der Waals surface area contributed by atoms with Gasteiger partial charge >= 0.3 is 0 Å².